The van der Waals surface area contributed by atoms with Crippen LogP contribution in [0.4, 0.5) is 0 Å². The molecule has 1 aromatic rings. The lowest BCUT2D eigenvalue weighted by molar-refractivity contribution is -0.132. The fourth-order valence-electron chi connectivity index (χ4n) is 6.72. The molecule has 3 fully saturated rings. The number of sulfonamides is 1. The van der Waals surface area contributed by atoms with Gasteiger partial charge >= 0.3 is 0 Å². The van der Waals surface area contributed by atoms with Gasteiger partial charge in [0.25, 0.3) is 0 Å². The van der Waals surface area contributed by atoms with Crippen LogP contribution in [0.5, 0.6) is 0 Å². The molecule has 0 spiro atoms. The Hall–Kier alpha value is -1.44. The molecule has 6 nitrogen and oxygen atoms in total. The smallest absolute Gasteiger partial charge is 0.240 e. The quantitative estimate of drug-likeness (QED) is 0.675. The highest BCUT2D eigenvalue weighted by Crippen LogP contribution is 2.64. The Balaban J connectivity index is 1.63. The molecular formula is C25H38N2O4S. The molecule has 0 bridgehead atoms. The maximum absolute atomic E-state index is 13.3. The minimum atomic E-state index is -3.67. The molecule has 1 aliphatic heterocycles. The highest BCUT2D eigenvalue weighted by molar-refractivity contribution is 7.89. The van der Waals surface area contributed by atoms with Gasteiger partial charge in [-0.15, -0.1) is 0 Å². The molecule has 7 heteroatoms. The number of hydrogen-bond donors (Lipinski definition) is 2. The summed E-state index contributed by atoms with van der Waals surface area (Å²) in [7, 11) is -3.67. The number of likely N-dealkylation sites (tertiary alicyclic amines) is 1. The second kappa shape index (κ2) is 8.41. The Morgan fingerprint density at radius 1 is 1.09 bits per heavy atom. The van der Waals surface area contributed by atoms with Crippen molar-refractivity contribution in [2.45, 2.75) is 88.7 Å². The van der Waals surface area contributed by atoms with Crippen molar-refractivity contribution < 1.29 is 18.3 Å². The molecule has 4 atom stereocenters. The predicted molar refractivity (Wildman–Crippen MR) is 124 cm³/mol. The zero-order valence-corrected chi connectivity index (χ0v) is 20.5. The van der Waals surface area contributed by atoms with E-state index < -0.39 is 15.6 Å². The zero-order chi connectivity index (χ0) is 23.2. The minimum Gasteiger partial charge on any atom is -0.390 e. The molecule has 2 aliphatic carbocycles. The van der Waals surface area contributed by atoms with E-state index in [0.29, 0.717) is 32.1 Å². The van der Waals surface area contributed by atoms with Crippen molar-refractivity contribution in [3.05, 3.63) is 30.3 Å². The average Bonchev–Trinajstić information content (AvgIpc) is 3.33. The number of hydrogen-bond acceptors (Lipinski definition) is 4. The van der Waals surface area contributed by atoms with Crippen LogP contribution >= 0.6 is 0 Å². The lowest BCUT2D eigenvalue weighted by atomic mass is 9.57. The van der Waals surface area contributed by atoms with Crippen molar-refractivity contribution in [1.29, 1.82) is 0 Å². The van der Waals surface area contributed by atoms with E-state index in [9.17, 15) is 18.3 Å². The van der Waals surface area contributed by atoms with Crippen molar-refractivity contribution in [2.75, 3.05) is 13.1 Å². The number of rotatable bonds is 6. The van der Waals surface area contributed by atoms with Crippen molar-refractivity contribution in [3.8, 4) is 0 Å². The number of fused-ring (bicyclic) bond motifs is 1. The van der Waals surface area contributed by atoms with E-state index in [4.69, 9.17) is 0 Å². The first kappa shape index (κ1) is 23.7. The van der Waals surface area contributed by atoms with Crippen LogP contribution in [0.15, 0.2) is 35.2 Å². The number of carbonyl (C=O) groups excluding carboxylic acids is 1. The minimum absolute atomic E-state index is 0.134. The molecule has 2 N–H and O–H groups in total. The second-order valence-corrected chi connectivity index (χ2v) is 13.0. The third-order valence-corrected chi connectivity index (χ3v) is 9.94. The van der Waals surface area contributed by atoms with Gasteiger partial charge in [-0.2, -0.15) is 0 Å². The summed E-state index contributed by atoms with van der Waals surface area (Å²) in [6, 6.07) is 8.26. The van der Waals surface area contributed by atoms with Crippen molar-refractivity contribution in [1.82, 2.24) is 9.62 Å². The molecule has 1 amide bonds. The van der Waals surface area contributed by atoms with Gasteiger partial charge in [0.15, 0.2) is 0 Å². The fourth-order valence-corrected chi connectivity index (χ4v) is 8.06. The van der Waals surface area contributed by atoms with E-state index in [1.54, 1.807) is 24.3 Å². The topological polar surface area (TPSA) is 86.7 Å². The number of aliphatic hydroxyl groups is 1. The SMILES string of the molecule is CC1(C)C[C@H](NS(=O)(=O)c2ccccc2)[C@@]2(CCC(=O)N3CCCC3)CC[C@](C)(O)C[C@@H]12. The monoisotopic (exact) mass is 462 g/mol. The Morgan fingerprint density at radius 3 is 2.41 bits per heavy atom. The van der Waals surface area contributed by atoms with E-state index in [1.165, 1.54) is 0 Å². The summed E-state index contributed by atoms with van der Waals surface area (Å²) in [6.45, 7) is 7.93. The molecular weight excluding hydrogens is 424 g/mol. The largest absolute Gasteiger partial charge is 0.390 e. The molecule has 178 valence electrons. The molecule has 1 heterocycles. The predicted octanol–water partition coefficient (Wildman–Crippen LogP) is 3.70. The lowest BCUT2D eigenvalue weighted by Gasteiger charge is -2.51. The van der Waals surface area contributed by atoms with Gasteiger partial charge in [0.05, 0.1) is 10.5 Å². The van der Waals surface area contributed by atoms with Crippen LogP contribution in [0.25, 0.3) is 0 Å². The second-order valence-electron chi connectivity index (χ2n) is 11.3. The molecule has 2 saturated carbocycles. The van der Waals surface area contributed by atoms with Crippen LogP contribution in [-0.2, 0) is 14.8 Å². The highest BCUT2D eigenvalue weighted by atomic mass is 32.2. The Kier molecular flexibility index (Phi) is 6.23. The van der Waals surface area contributed by atoms with E-state index >= 15 is 0 Å². The van der Waals surface area contributed by atoms with Crippen molar-refractivity contribution in [2.24, 2.45) is 16.7 Å². The van der Waals surface area contributed by atoms with E-state index in [2.05, 4.69) is 18.6 Å². The van der Waals surface area contributed by atoms with Crippen LogP contribution in [-0.4, -0.2) is 49.1 Å². The normalized spacial score (nSPS) is 34.4. The highest BCUT2D eigenvalue weighted by Gasteiger charge is 2.62. The van der Waals surface area contributed by atoms with Gasteiger partial charge in [0.1, 0.15) is 0 Å². The molecule has 3 aliphatic rings. The first-order valence-electron chi connectivity index (χ1n) is 12.0. The van der Waals surface area contributed by atoms with Crippen LogP contribution in [0.3, 0.4) is 0 Å². The summed E-state index contributed by atoms with van der Waals surface area (Å²) in [4.78, 5) is 15.1. The first-order valence-corrected chi connectivity index (χ1v) is 13.5. The third kappa shape index (κ3) is 4.48. The fraction of sp³-hybridized carbons (Fsp3) is 0.720. The zero-order valence-electron chi connectivity index (χ0n) is 19.6. The van der Waals surface area contributed by atoms with Gasteiger partial charge in [-0.1, -0.05) is 32.0 Å². The molecule has 0 unspecified atom stereocenters. The Bertz CT molecular complexity index is 938. The first-order chi connectivity index (χ1) is 15.0. The van der Waals surface area contributed by atoms with Gasteiger partial charge < -0.3 is 10.0 Å². The molecule has 1 aromatic carbocycles. The summed E-state index contributed by atoms with van der Waals surface area (Å²) in [6.07, 6.45) is 5.93. The summed E-state index contributed by atoms with van der Waals surface area (Å²) in [5, 5.41) is 10.9. The maximum atomic E-state index is 13.3. The molecule has 4 rings (SSSR count). The van der Waals surface area contributed by atoms with E-state index in [-0.39, 0.29) is 33.6 Å². The summed E-state index contributed by atoms with van der Waals surface area (Å²) < 4.78 is 29.6. The van der Waals surface area contributed by atoms with Crippen molar-refractivity contribution >= 4 is 15.9 Å². The average molecular weight is 463 g/mol. The van der Waals surface area contributed by atoms with Crippen LogP contribution in [0.2, 0.25) is 0 Å². The molecule has 0 aromatic heterocycles. The standard InChI is InChI=1S/C25H38N2O4S/c1-23(2)18-21(26-32(30,31)19-9-5-4-6-10-19)25(14-13-24(3,29)17-20(23)25)12-11-22(28)27-15-7-8-16-27/h4-6,9-10,20-21,26,29H,7-8,11-18H2,1-3H3/t20-,21-,24-,25-/m0/s1. The van der Waals surface area contributed by atoms with Gasteiger partial charge in [0, 0.05) is 25.6 Å². The molecule has 1 saturated heterocycles. The van der Waals surface area contributed by atoms with Gasteiger partial charge in [-0.25, -0.2) is 13.1 Å². The summed E-state index contributed by atoms with van der Waals surface area (Å²) in [5.74, 6) is 0.330. The van der Waals surface area contributed by atoms with E-state index in [0.717, 1.165) is 32.4 Å². The number of nitrogens with one attached hydrogen (secondary N) is 1. The Morgan fingerprint density at radius 2 is 1.75 bits per heavy atom. The van der Waals surface area contributed by atoms with E-state index in [1.807, 2.05) is 17.9 Å². The van der Waals surface area contributed by atoms with Crippen LogP contribution < -0.4 is 4.72 Å². The van der Waals surface area contributed by atoms with Crippen LogP contribution in [0.1, 0.15) is 72.1 Å². The molecule has 0 radical (unpaired) electrons. The van der Waals surface area contributed by atoms with Crippen molar-refractivity contribution in [3.63, 3.8) is 0 Å². The number of nitrogens with zero attached hydrogens (tertiary/aromatic N) is 1. The maximum Gasteiger partial charge on any atom is 0.240 e. The number of carbonyl (C=O) groups is 1. The molecule has 32 heavy (non-hydrogen) atoms. The van der Waals surface area contributed by atoms with Crippen LogP contribution in [0, 0.1) is 16.7 Å². The van der Waals surface area contributed by atoms with Gasteiger partial charge in [-0.05, 0) is 80.8 Å². The summed E-state index contributed by atoms with van der Waals surface area (Å²) >= 11 is 0. The Labute approximate surface area is 192 Å². The third-order valence-electron chi connectivity index (χ3n) is 8.45. The summed E-state index contributed by atoms with van der Waals surface area (Å²) in [5.41, 5.74) is -1.22. The van der Waals surface area contributed by atoms with Gasteiger partial charge in [-0.3, -0.25) is 4.79 Å². The number of amides is 1. The van der Waals surface area contributed by atoms with Gasteiger partial charge in [0.2, 0.25) is 15.9 Å². The lowest BCUT2D eigenvalue weighted by Crippen LogP contribution is -2.52. The number of benzene rings is 1.